The Morgan fingerprint density at radius 2 is 1.83 bits per heavy atom. The van der Waals surface area contributed by atoms with Gasteiger partial charge in [0, 0.05) is 23.1 Å². The second-order valence-corrected chi connectivity index (χ2v) is 7.17. The summed E-state index contributed by atoms with van der Waals surface area (Å²) in [6.45, 7) is 1.94. The summed E-state index contributed by atoms with van der Waals surface area (Å²) in [4.78, 5) is 19.1. The van der Waals surface area contributed by atoms with Crippen molar-refractivity contribution in [2.75, 3.05) is 0 Å². The van der Waals surface area contributed by atoms with E-state index in [-0.39, 0.29) is 5.91 Å². The second kappa shape index (κ2) is 5.87. The van der Waals surface area contributed by atoms with Gasteiger partial charge in [0.15, 0.2) is 4.80 Å². The predicted molar refractivity (Wildman–Crippen MR) is 97.2 cm³/mol. The molecule has 0 atom stereocenters. The fourth-order valence-electron chi connectivity index (χ4n) is 3.29. The molecule has 1 aliphatic rings. The SMILES string of the molecule is Cc1ccccc1C(=O)N=c1sc2c(n1C)-c1ccccc1CC2. The summed E-state index contributed by atoms with van der Waals surface area (Å²) in [5.41, 5.74) is 5.47. The van der Waals surface area contributed by atoms with E-state index in [9.17, 15) is 4.79 Å². The Bertz CT molecular complexity index is 1010. The van der Waals surface area contributed by atoms with E-state index in [0.717, 1.165) is 23.2 Å². The summed E-state index contributed by atoms with van der Waals surface area (Å²) in [7, 11) is 2.00. The van der Waals surface area contributed by atoms with Gasteiger partial charge in [-0.05, 0) is 37.0 Å². The van der Waals surface area contributed by atoms with Crippen molar-refractivity contribution in [3.63, 3.8) is 0 Å². The molecule has 1 heterocycles. The van der Waals surface area contributed by atoms with Crippen molar-refractivity contribution in [1.29, 1.82) is 0 Å². The third-order valence-electron chi connectivity index (χ3n) is 4.57. The van der Waals surface area contributed by atoms with Crippen LogP contribution < -0.4 is 4.80 Å². The van der Waals surface area contributed by atoms with Crippen LogP contribution in [0.3, 0.4) is 0 Å². The number of hydrogen-bond donors (Lipinski definition) is 0. The molecule has 0 aliphatic heterocycles. The maximum Gasteiger partial charge on any atom is 0.279 e. The monoisotopic (exact) mass is 334 g/mol. The first-order valence-electron chi connectivity index (χ1n) is 8.07. The fraction of sp³-hybridized carbons (Fsp3) is 0.200. The molecule has 0 radical (unpaired) electrons. The predicted octanol–water partition coefficient (Wildman–Crippen LogP) is 3.90. The molecule has 0 saturated carbocycles. The highest BCUT2D eigenvalue weighted by Gasteiger charge is 2.21. The zero-order chi connectivity index (χ0) is 16.7. The standard InChI is InChI=1S/C20H18N2OS/c1-13-7-3-5-9-15(13)19(23)21-20-22(2)18-16-10-6-4-8-14(16)11-12-17(18)24-20/h3-10H,11-12H2,1-2H3. The van der Waals surface area contributed by atoms with Crippen molar-refractivity contribution >= 4 is 17.2 Å². The number of amides is 1. The van der Waals surface area contributed by atoms with E-state index in [1.54, 1.807) is 11.3 Å². The van der Waals surface area contributed by atoms with Crippen LogP contribution in [0.1, 0.15) is 26.4 Å². The Kier molecular flexibility index (Phi) is 3.69. The molecule has 1 aliphatic carbocycles. The van der Waals surface area contributed by atoms with E-state index < -0.39 is 0 Å². The van der Waals surface area contributed by atoms with Crippen LogP contribution in [0.25, 0.3) is 11.3 Å². The smallest absolute Gasteiger partial charge is 0.279 e. The third kappa shape index (κ3) is 2.43. The fourth-order valence-corrected chi connectivity index (χ4v) is 4.41. The Labute approximate surface area is 144 Å². The van der Waals surface area contributed by atoms with Crippen LogP contribution in [0.5, 0.6) is 0 Å². The number of benzene rings is 2. The van der Waals surface area contributed by atoms with Gasteiger partial charge in [0.05, 0.1) is 5.69 Å². The van der Waals surface area contributed by atoms with Crippen molar-refractivity contribution in [1.82, 2.24) is 4.57 Å². The number of aryl methyl sites for hydroxylation is 3. The average Bonchev–Trinajstić information content (AvgIpc) is 2.91. The van der Waals surface area contributed by atoms with Crippen LogP contribution in [0.2, 0.25) is 0 Å². The largest absolute Gasteiger partial charge is 0.319 e. The van der Waals surface area contributed by atoms with Crippen LogP contribution >= 0.6 is 11.3 Å². The molecule has 3 aromatic rings. The molecule has 0 saturated heterocycles. The summed E-state index contributed by atoms with van der Waals surface area (Å²) in [5.74, 6) is -0.171. The number of carbonyl (C=O) groups is 1. The van der Waals surface area contributed by atoms with Gasteiger partial charge in [0.1, 0.15) is 0 Å². The normalized spacial score (nSPS) is 13.5. The molecule has 0 N–H and O–H groups in total. The lowest BCUT2D eigenvalue weighted by molar-refractivity contribution is 0.0997. The molecule has 3 nitrogen and oxygen atoms in total. The first-order valence-corrected chi connectivity index (χ1v) is 8.88. The van der Waals surface area contributed by atoms with Crippen molar-refractivity contribution in [3.05, 3.63) is 74.9 Å². The Morgan fingerprint density at radius 1 is 1.08 bits per heavy atom. The minimum Gasteiger partial charge on any atom is -0.319 e. The molecule has 0 spiro atoms. The first-order chi connectivity index (χ1) is 11.6. The highest BCUT2D eigenvalue weighted by atomic mass is 32.1. The summed E-state index contributed by atoms with van der Waals surface area (Å²) >= 11 is 1.63. The topological polar surface area (TPSA) is 34.4 Å². The second-order valence-electron chi connectivity index (χ2n) is 6.10. The molecule has 24 heavy (non-hydrogen) atoms. The minimum atomic E-state index is -0.171. The van der Waals surface area contributed by atoms with Crippen molar-refractivity contribution in [2.24, 2.45) is 12.0 Å². The molecule has 4 rings (SSSR count). The van der Waals surface area contributed by atoms with E-state index in [1.807, 2.05) is 38.2 Å². The summed E-state index contributed by atoms with van der Waals surface area (Å²) in [6.07, 6.45) is 2.06. The van der Waals surface area contributed by atoms with Gasteiger partial charge in [0.2, 0.25) is 0 Å². The quantitative estimate of drug-likeness (QED) is 0.664. The van der Waals surface area contributed by atoms with E-state index in [4.69, 9.17) is 0 Å². The number of nitrogens with zero attached hydrogens (tertiary/aromatic N) is 2. The highest BCUT2D eigenvalue weighted by Crippen LogP contribution is 2.34. The molecule has 0 bridgehead atoms. The zero-order valence-electron chi connectivity index (χ0n) is 13.7. The van der Waals surface area contributed by atoms with Gasteiger partial charge in [-0.15, -0.1) is 11.3 Å². The molecule has 2 aromatic carbocycles. The lowest BCUT2D eigenvalue weighted by Gasteiger charge is -2.16. The maximum absolute atomic E-state index is 12.6. The lowest BCUT2D eigenvalue weighted by atomic mass is 9.93. The summed E-state index contributed by atoms with van der Waals surface area (Å²) in [5, 5.41) is 0. The van der Waals surface area contributed by atoms with Crippen LogP contribution in [-0.2, 0) is 19.9 Å². The number of aromatic nitrogens is 1. The van der Waals surface area contributed by atoms with Gasteiger partial charge in [-0.25, -0.2) is 0 Å². The van der Waals surface area contributed by atoms with Crippen LogP contribution in [0.15, 0.2) is 53.5 Å². The molecule has 0 fully saturated rings. The minimum absolute atomic E-state index is 0.171. The Balaban J connectivity index is 1.84. The van der Waals surface area contributed by atoms with Gasteiger partial charge < -0.3 is 4.57 Å². The van der Waals surface area contributed by atoms with Crippen molar-refractivity contribution in [3.8, 4) is 11.3 Å². The number of fused-ring (bicyclic) bond motifs is 3. The number of hydrogen-bond acceptors (Lipinski definition) is 2. The van der Waals surface area contributed by atoms with Crippen LogP contribution in [-0.4, -0.2) is 10.5 Å². The maximum atomic E-state index is 12.6. The molecule has 1 aromatic heterocycles. The third-order valence-corrected chi connectivity index (χ3v) is 5.76. The van der Waals surface area contributed by atoms with Crippen molar-refractivity contribution in [2.45, 2.75) is 19.8 Å². The number of carbonyl (C=O) groups excluding carboxylic acids is 1. The van der Waals surface area contributed by atoms with Gasteiger partial charge >= 0.3 is 0 Å². The lowest BCUT2D eigenvalue weighted by Crippen LogP contribution is -2.15. The van der Waals surface area contributed by atoms with Crippen molar-refractivity contribution < 1.29 is 4.79 Å². The van der Waals surface area contributed by atoms with E-state index in [0.29, 0.717) is 5.56 Å². The average molecular weight is 334 g/mol. The van der Waals surface area contributed by atoms with Crippen LogP contribution in [0.4, 0.5) is 0 Å². The molecular weight excluding hydrogens is 316 g/mol. The Hall–Kier alpha value is -2.46. The molecule has 4 heteroatoms. The number of rotatable bonds is 1. The van der Waals surface area contributed by atoms with E-state index in [1.165, 1.54) is 21.7 Å². The van der Waals surface area contributed by atoms with Crippen LogP contribution in [0, 0.1) is 6.92 Å². The Morgan fingerprint density at radius 3 is 2.67 bits per heavy atom. The number of thiazole rings is 1. The van der Waals surface area contributed by atoms with E-state index in [2.05, 4.69) is 33.8 Å². The van der Waals surface area contributed by atoms with Gasteiger partial charge in [-0.2, -0.15) is 4.99 Å². The van der Waals surface area contributed by atoms with Gasteiger partial charge in [-0.1, -0.05) is 42.5 Å². The summed E-state index contributed by atoms with van der Waals surface area (Å²) in [6, 6.07) is 16.1. The van der Waals surface area contributed by atoms with E-state index >= 15 is 0 Å². The summed E-state index contributed by atoms with van der Waals surface area (Å²) < 4.78 is 2.06. The molecule has 120 valence electrons. The molecular formula is C20H18N2OS. The first kappa shape index (κ1) is 15.1. The van der Waals surface area contributed by atoms with Gasteiger partial charge in [-0.3, -0.25) is 4.79 Å². The molecule has 1 amide bonds. The highest BCUT2D eigenvalue weighted by molar-refractivity contribution is 7.09. The zero-order valence-corrected chi connectivity index (χ0v) is 14.6. The van der Waals surface area contributed by atoms with Gasteiger partial charge in [0.25, 0.3) is 5.91 Å². The molecule has 0 unspecified atom stereocenters.